The largest absolute Gasteiger partial charge is 0.416 e. The molecule has 2 fully saturated rings. The Morgan fingerprint density at radius 1 is 1.31 bits per heavy atom. The summed E-state index contributed by atoms with van der Waals surface area (Å²) in [5.41, 5.74) is -0.0417. The van der Waals surface area contributed by atoms with Crippen molar-refractivity contribution in [1.29, 1.82) is 0 Å². The van der Waals surface area contributed by atoms with Crippen LogP contribution in [-0.4, -0.2) is 57.9 Å². The first-order valence-electron chi connectivity index (χ1n) is 9.06. The molecule has 0 saturated carbocycles. The van der Waals surface area contributed by atoms with Crippen molar-refractivity contribution < 1.29 is 27.6 Å². The van der Waals surface area contributed by atoms with Crippen LogP contribution in [0.4, 0.5) is 18.9 Å². The van der Waals surface area contributed by atoms with Crippen LogP contribution in [0.5, 0.6) is 0 Å². The maximum atomic E-state index is 12.8. The van der Waals surface area contributed by atoms with Gasteiger partial charge in [-0.15, -0.1) is 0 Å². The molecule has 0 aliphatic carbocycles. The topological polar surface area (TPSA) is 46.0 Å². The Balaban J connectivity index is 1.44. The molecule has 1 aromatic carbocycles. The number of piperazine rings is 1. The van der Waals surface area contributed by atoms with E-state index in [1.54, 1.807) is 6.07 Å². The monoisotopic (exact) mass is 372 g/mol. The highest BCUT2D eigenvalue weighted by Gasteiger charge is 2.31. The van der Waals surface area contributed by atoms with E-state index in [-0.39, 0.29) is 12.0 Å². The van der Waals surface area contributed by atoms with Gasteiger partial charge in [-0.05, 0) is 31.0 Å². The van der Waals surface area contributed by atoms with Crippen LogP contribution in [0.2, 0.25) is 0 Å². The predicted molar refractivity (Wildman–Crippen MR) is 91.2 cm³/mol. The third kappa shape index (κ3) is 5.11. The van der Waals surface area contributed by atoms with Crippen molar-refractivity contribution in [3.63, 3.8) is 0 Å². The standard InChI is InChI=1S/C18H24F3N3O2/c19-18(20,21)14-3-1-4-15(11-14)24-8-6-23(7-9-24)13-17(25)22-12-16-5-2-10-26-16/h1,3-4,11,16H,2,5-10,12-13H2,(H,22,25)/p+1/t16-/m0/s1. The van der Waals surface area contributed by atoms with E-state index in [1.807, 2.05) is 4.90 Å². The number of hydrogen-bond donors (Lipinski definition) is 2. The second-order valence-electron chi connectivity index (χ2n) is 6.90. The van der Waals surface area contributed by atoms with Crippen molar-refractivity contribution in [2.45, 2.75) is 25.1 Å². The summed E-state index contributed by atoms with van der Waals surface area (Å²) >= 11 is 0. The first kappa shape index (κ1) is 19.0. The van der Waals surface area contributed by atoms with Gasteiger partial charge < -0.3 is 19.9 Å². The smallest absolute Gasteiger partial charge is 0.376 e. The van der Waals surface area contributed by atoms with E-state index in [4.69, 9.17) is 4.74 Å². The molecule has 3 rings (SSSR count). The molecule has 26 heavy (non-hydrogen) atoms. The molecule has 144 valence electrons. The van der Waals surface area contributed by atoms with E-state index in [0.29, 0.717) is 31.9 Å². The molecule has 0 spiro atoms. The number of rotatable bonds is 5. The number of hydrogen-bond acceptors (Lipinski definition) is 3. The first-order chi connectivity index (χ1) is 12.4. The highest BCUT2D eigenvalue weighted by molar-refractivity contribution is 5.76. The van der Waals surface area contributed by atoms with Crippen LogP contribution in [0, 0.1) is 0 Å². The lowest BCUT2D eigenvalue weighted by Gasteiger charge is -2.33. The van der Waals surface area contributed by atoms with Gasteiger partial charge in [0.25, 0.3) is 5.91 Å². The Morgan fingerprint density at radius 3 is 2.73 bits per heavy atom. The average molecular weight is 372 g/mol. The zero-order valence-electron chi connectivity index (χ0n) is 14.6. The Kier molecular flexibility index (Phi) is 6.03. The average Bonchev–Trinajstić information content (AvgIpc) is 3.14. The summed E-state index contributed by atoms with van der Waals surface area (Å²) in [6.45, 7) is 4.44. The zero-order chi connectivity index (χ0) is 18.6. The molecule has 2 N–H and O–H groups in total. The normalized spacial score (nSPS) is 21.8. The second-order valence-corrected chi connectivity index (χ2v) is 6.90. The Bertz CT molecular complexity index is 610. The number of quaternary nitrogens is 1. The Labute approximate surface area is 151 Å². The third-order valence-corrected chi connectivity index (χ3v) is 4.97. The van der Waals surface area contributed by atoms with Crippen molar-refractivity contribution >= 4 is 11.6 Å². The number of ether oxygens (including phenoxy) is 1. The van der Waals surface area contributed by atoms with Crippen LogP contribution in [0.25, 0.3) is 0 Å². The van der Waals surface area contributed by atoms with Crippen LogP contribution in [0.1, 0.15) is 18.4 Å². The van der Waals surface area contributed by atoms with E-state index >= 15 is 0 Å². The molecule has 8 heteroatoms. The maximum Gasteiger partial charge on any atom is 0.416 e. The molecule has 2 saturated heterocycles. The van der Waals surface area contributed by atoms with Gasteiger partial charge in [-0.2, -0.15) is 13.2 Å². The van der Waals surface area contributed by atoms with Crippen molar-refractivity contribution in [2.75, 3.05) is 50.8 Å². The molecular formula is C18H25F3N3O2+. The molecule has 0 unspecified atom stereocenters. The number of anilines is 1. The van der Waals surface area contributed by atoms with Crippen molar-refractivity contribution in [2.24, 2.45) is 0 Å². The lowest BCUT2D eigenvalue weighted by molar-refractivity contribution is -0.892. The first-order valence-corrected chi connectivity index (χ1v) is 9.06. The lowest BCUT2D eigenvalue weighted by atomic mass is 10.1. The number of carbonyl (C=O) groups is 1. The number of nitrogens with zero attached hydrogens (tertiary/aromatic N) is 1. The minimum absolute atomic E-state index is 0.00280. The van der Waals surface area contributed by atoms with Crippen LogP contribution < -0.4 is 15.1 Å². The SMILES string of the molecule is O=C(C[NH+]1CCN(c2cccc(C(F)(F)F)c2)CC1)NC[C@@H]1CCCO1. The molecule has 2 heterocycles. The Hall–Kier alpha value is -1.80. The van der Waals surface area contributed by atoms with E-state index in [2.05, 4.69) is 5.32 Å². The number of amides is 1. The predicted octanol–water partition coefficient (Wildman–Crippen LogP) is 0.706. The molecule has 0 bridgehead atoms. The summed E-state index contributed by atoms with van der Waals surface area (Å²) in [6, 6.07) is 5.42. The minimum atomic E-state index is -4.33. The highest BCUT2D eigenvalue weighted by atomic mass is 19.4. The molecule has 0 aromatic heterocycles. The van der Waals surface area contributed by atoms with Gasteiger partial charge >= 0.3 is 6.18 Å². The molecule has 1 atom stereocenters. The fourth-order valence-corrected chi connectivity index (χ4v) is 3.46. The van der Waals surface area contributed by atoms with Crippen molar-refractivity contribution in [3.05, 3.63) is 29.8 Å². The van der Waals surface area contributed by atoms with Gasteiger partial charge in [-0.25, -0.2) is 0 Å². The fraction of sp³-hybridized carbons (Fsp3) is 0.611. The number of halogens is 3. The van der Waals surface area contributed by atoms with Crippen molar-refractivity contribution in [1.82, 2.24) is 5.32 Å². The molecular weight excluding hydrogens is 347 g/mol. The van der Waals surface area contributed by atoms with Gasteiger partial charge in [0.2, 0.25) is 0 Å². The number of carbonyl (C=O) groups excluding carboxylic acids is 1. The van der Waals surface area contributed by atoms with E-state index < -0.39 is 11.7 Å². The number of benzene rings is 1. The summed E-state index contributed by atoms with van der Waals surface area (Å²) in [5.74, 6) is 0.00280. The molecule has 2 aliphatic rings. The third-order valence-electron chi connectivity index (χ3n) is 4.97. The van der Waals surface area contributed by atoms with E-state index in [9.17, 15) is 18.0 Å². The molecule has 2 aliphatic heterocycles. The minimum Gasteiger partial charge on any atom is -0.376 e. The van der Waals surface area contributed by atoms with Gasteiger partial charge in [0.15, 0.2) is 6.54 Å². The molecule has 5 nitrogen and oxygen atoms in total. The maximum absolute atomic E-state index is 12.8. The number of alkyl halides is 3. The van der Waals surface area contributed by atoms with Crippen molar-refractivity contribution in [3.8, 4) is 0 Å². The quantitative estimate of drug-likeness (QED) is 0.800. The van der Waals surface area contributed by atoms with Gasteiger partial charge in [-0.1, -0.05) is 6.07 Å². The Morgan fingerprint density at radius 2 is 2.08 bits per heavy atom. The summed E-state index contributed by atoms with van der Waals surface area (Å²) in [7, 11) is 0. The van der Waals surface area contributed by atoms with Crippen LogP contribution >= 0.6 is 0 Å². The summed E-state index contributed by atoms with van der Waals surface area (Å²) in [5, 5.41) is 2.92. The highest BCUT2D eigenvalue weighted by Crippen LogP contribution is 2.31. The number of nitrogens with one attached hydrogen (secondary N) is 2. The van der Waals surface area contributed by atoms with E-state index in [0.717, 1.165) is 43.5 Å². The molecule has 0 radical (unpaired) electrons. The summed E-state index contributed by atoms with van der Waals surface area (Å²) < 4.78 is 44.0. The second kappa shape index (κ2) is 8.26. The van der Waals surface area contributed by atoms with Crippen LogP contribution in [0.15, 0.2) is 24.3 Å². The van der Waals surface area contributed by atoms with Gasteiger partial charge in [0.1, 0.15) is 0 Å². The molecule has 1 amide bonds. The fourth-order valence-electron chi connectivity index (χ4n) is 3.46. The van der Waals surface area contributed by atoms with E-state index in [1.165, 1.54) is 12.1 Å². The summed E-state index contributed by atoms with van der Waals surface area (Å²) in [6.07, 6.45) is -2.16. The molecule has 1 aromatic rings. The van der Waals surface area contributed by atoms with Crippen LogP contribution in [0.3, 0.4) is 0 Å². The van der Waals surface area contributed by atoms with Crippen LogP contribution in [-0.2, 0) is 15.7 Å². The van der Waals surface area contributed by atoms with Gasteiger partial charge in [-0.3, -0.25) is 4.79 Å². The summed E-state index contributed by atoms with van der Waals surface area (Å²) in [4.78, 5) is 15.1. The van der Waals surface area contributed by atoms with Gasteiger partial charge in [0.05, 0.1) is 37.8 Å². The zero-order valence-corrected chi connectivity index (χ0v) is 14.6. The van der Waals surface area contributed by atoms with Gasteiger partial charge in [0, 0.05) is 18.8 Å². The lowest BCUT2D eigenvalue weighted by Crippen LogP contribution is -3.16.